The number of alkyl halides is 3. The van der Waals surface area contributed by atoms with Crippen LogP contribution in [0.25, 0.3) is 10.9 Å². The van der Waals surface area contributed by atoms with Crippen molar-refractivity contribution in [2.45, 2.75) is 17.5 Å². The van der Waals surface area contributed by atoms with Crippen LogP contribution in [0.4, 0.5) is 24.0 Å². The lowest BCUT2D eigenvalue weighted by Gasteiger charge is -2.18. The molecule has 1 aliphatic rings. The fourth-order valence-corrected chi connectivity index (χ4v) is 5.81. The molecule has 5 rings (SSSR count). The number of carbonyl (C=O) groups is 1. The Kier molecular flexibility index (Phi) is 6.04. The van der Waals surface area contributed by atoms with E-state index in [1.165, 1.54) is 47.6 Å². The first-order valence-electron chi connectivity index (χ1n) is 10.6. The molecule has 1 aliphatic heterocycles. The van der Waals surface area contributed by atoms with Crippen LogP contribution in [0.2, 0.25) is 0 Å². The molecule has 3 heterocycles. The smallest absolute Gasteiger partial charge is 0.418 e. The third-order valence-corrected chi connectivity index (χ3v) is 7.75. The summed E-state index contributed by atoms with van der Waals surface area (Å²) in [7, 11) is -3.84. The number of ether oxygens (including phenoxy) is 1. The van der Waals surface area contributed by atoms with Crippen LogP contribution >= 0.6 is 11.3 Å². The van der Waals surface area contributed by atoms with Crippen molar-refractivity contribution in [1.82, 2.24) is 9.97 Å². The number of nitrogens with zero attached hydrogens (tertiary/aromatic N) is 3. The summed E-state index contributed by atoms with van der Waals surface area (Å²) in [4.78, 5) is 22.2. The number of carbonyl (C=O) groups excluding carboxylic acids is 1. The van der Waals surface area contributed by atoms with Gasteiger partial charge >= 0.3 is 6.18 Å². The minimum absolute atomic E-state index is 0.0470. The van der Waals surface area contributed by atoms with E-state index in [2.05, 4.69) is 14.7 Å². The first-order valence-corrected chi connectivity index (χ1v) is 12.9. The van der Waals surface area contributed by atoms with Crippen LogP contribution in [0.15, 0.2) is 65.1 Å². The topological polar surface area (TPSA) is 101 Å². The van der Waals surface area contributed by atoms with Crippen LogP contribution in [-0.2, 0) is 27.4 Å². The number of fused-ring (bicyclic) bond motifs is 2. The lowest BCUT2D eigenvalue weighted by Crippen LogP contribution is -2.33. The lowest BCUT2D eigenvalue weighted by atomic mass is 10.1. The van der Waals surface area contributed by atoms with Gasteiger partial charge in [-0.3, -0.25) is 14.5 Å². The van der Waals surface area contributed by atoms with E-state index in [0.29, 0.717) is 24.2 Å². The summed E-state index contributed by atoms with van der Waals surface area (Å²) in [6, 6.07) is 9.50. The Morgan fingerprint density at radius 2 is 1.97 bits per heavy atom. The van der Waals surface area contributed by atoms with Gasteiger partial charge in [0.05, 0.1) is 16.0 Å². The molecule has 4 aromatic rings. The number of para-hydroxylation sites is 1. The van der Waals surface area contributed by atoms with Gasteiger partial charge in [-0.25, -0.2) is 13.4 Å². The summed E-state index contributed by atoms with van der Waals surface area (Å²) in [5.41, 5.74) is 0.0761. The van der Waals surface area contributed by atoms with Gasteiger partial charge in [-0.05, 0) is 48.4 Å². The second-order valence-electron chi connectivity index (χ2n) is 7.83. The first-order chi connectivity index (χ1) is 17.1. The van der Waals surface area contributed by atoms with Gasteiger partial charge in [0, 0.05) is 35.4 Å². The molecule has 0 bridgehead atoms. The average Bonchev–Trinajstić information content (AvgIpc) is 3.50. The molecular formula is C23H17F3N4O4S2. The van der Waals surface area contributed by atoms with E-state index < -0.39 is 34.3 Å². The summed E-state index contributed by atoms with van der Waals surface area (Å²) in [6.45, 7) is -0.100. The second-order valence-corrected chi connectivity index (χ2v) is 10.4. The molecule has 0 saturated carbocycles. The van der Waals surface area contributed by atoms with Crippen LogP contribution in [0.3, 0.4) is 0 Å². The van der Waals surface area contributed by atoms with Crippen molar-refractivity contribution in [2.75, 3.05) is 22.8 Å². The van der Waals surface area contributed by atoms with Gasteiger partial charge in [-0.2, -0.15) is 13.2 Å². The number of anilines is 2. The SMILES string of the molecule is O=C(COc1ccnc2c(C(F)(F)F)cccc12)N1CCc2cc(S(=O)(=O)Nc3nccs3)ccc21. The Bertz CT molecular complexity index is 1560. The van der Waals surface area contributed by atoms with Crippen LogP contribution in [0.5, 0.6) is 5.75 Å². The minimum Gasteiger partial charge on any atom is -0.483 e. The number of pyridine rings is 1. The fourth-order valence-electron chi connectivity index (χ4n) is 3.97. The Labute approximate surface area is 207 Å². The van der Waals surface area contributed by atoms with E-state index in [0.717, 1.165) is 17.4 Å². The molecule has 1 amide bonds. The molecule has 186 valence electrons. The number of rotatable bonds is 6. The average molecular weight is 535 g/mol. The predicted molar refractivity (Wildman–Crippen MR) is 128 cm³/mol. The Balaban J connectivity index is 1.32. The van der Waals surface area contributed by atoms with E-state index in [1.807, 2.05) is 0 Å². The lowest BCUT2D eigenvalue weighted by molar-refractivity contribution is -0.136. The van der Waals surface area contributed by atoms with E-state index in [4.69, 9.17) is 4.74 Å². The maximum Gasteiger partial charge on any atom is 0.418 e. The molecule has 36 heavy (non-hydrogen) atoms. The fraction of sp³-hybridized carbons (Fsp3) is 0.174. The second kappa shape index (κ2) is 9.06. The molecule has 2 aromatic carbocycles. The molecule has 0 spiro atoms. The third-order valence-electron chi connectivity index (χ3n) is 5.60. The van der Waals surface area contributed by atoms with Crippen LogP contribution in [0.1, 0.15) is 11.1 Å². The number of thiazole rings is 1. The maximum atomic E-state index is 13.3. The van der Waals surface area contributed by atoms with Crippen LogP contribution in [-0.4, -0.2) is 37.4 Å². The van der Waals surface area contributed by atoms with E-state index >= 15 is 0 Å². The minimum atomic E-state index is -4.58. The number of benzene rings is 2. The van der Waals surface area contributed by atoms with Gasteiger partial charge in [0.25, 0.3) is 15.9 Å². The van der Waals surface area contributed by atoms with Gasteiger partial charge < -0.3 is 9.64 Å². The zero-order chi connectivity index (χ0) is 25.5. The first kappa shape index (κ1) is 24.0. The Morgan fingerprint density at radius 1 is 1.14 bits per heavy atom. The van der Waals surface area contributed by atoms with Crippen molar-refractivity contribution in [1.29, 1.82) is 0 Å². The van der Waals surface area contributed by atoms with Crippen molar-refractivity contribution in [3.05, 3.63) is 71.4 Å². The van der Waals surface area contributed by atoms with Crippen molar-refractivity contribution in [2.24, 2.45) is 0 Å². The summed E-state index contributed by atoms with van der Waals surface area (Å²) in [5, 5.41) is 2.04. The zero-order valence-corrected chi connectivity index (χ0v) is 20.0. The van der Waals surface area contributed by atoms with Gasteiger partial charge in [0.2, 0.25) is 0 Å². The van der Waals surface area contributed by atoms with Crippen LogP contribution in [0, 0.1) is 0 Å². The Hall–Kier alpha value is -3.71. The monoisotopic (exact) mass is 534 g/mol. The van der Waals surface area contributed by atoms with E-state index in [-0.39, 0.29) is 26.7 Å². The normalized spacial score (nSPS) is 13.6. The molecule has 2 aromatic heterocycles. The predicted octanol–water partition coefficient (Wildman–Crippen LogP) is 4.48. The Morgan fingerprint density at radius 3 is 2.72 bits per heavy atom. The molecule has 13 heteroatoms. The van der Waals surface area contributed by atoms with Gasteiger partial charge in [-0.15, -0.1) is 11.3 Å². The molecular weight excluding hydrogens is 517 g/mol. The number of sulfonamides is 1. The highest BCUT2D eigenvalue weighted by Crippen LogP contribution is 2.36. The highest BCUT2D eigenvalue weighted by molar-refractivity contribution is 7.93. The molecule has 0 fully saturated rings. The number of halogens is 3. The highest BCUT2D eigenvalue weighted by Gasteiger charge is 2.33. The zero-order valence-electron chi connectivity index (χ0n) is 18.3. The maximum absolute atomic E-state index is 13.3. The molecule has 8 nitrogen and oxygen atoms in total. The summed E-state index contributed by atoms with van der Waals surface area (Å²) < 4.78 is 73.3. The van der Waals surface area contributed by atoms with Gasteiger partial charge in [0.1, 0.15) is 5.75 Å². The number of nitrogens with one attached hydrogen (secondary N) is 1. The molecule has 0 atom stereocenters. The summed E-state index contributed by atoms with van der Waals surface area (Å²) in [5.74, 6) is -0.309. The quantitative estimate of drug-likeness (QED) is 0.392. The molecule has 0 radical (unpaired) electrons. The standard InChI is InChI=1S/C23H17F3N4O4S2/c24-23(25,26)17-3-1-2-16-19(6-8-27-21(16)17)34-13-20(31)30-10-7-14-12-15(4-5-18(14)30)36(32,33)29-22-28-9-11-35-22/h1-6,8-9,11-12H,7,10,13H2,(H,28,29). The molecule has 0 unspecified atom stereocenters. The van der Waals surface area contributed by atoms with Crippen molar-refractivity contribution < 1.29 is 31.1 Å². The van der Waals surface area contributed by atoms with Gasteiger partial charge in [-0.1, -0.05) is 6.07 Å². The van der Waals surface area contributed by atoms with Crippen LogP contribution < -0.4 is 14.4 Å². The summed E-state index contributed by atoms with van der Waals surface area (Å²) in [6.07, 6.45) is -1.46. The summed E-state index contributed by atoms with van der Waals surface area (Å²) >= 11 is 1.15. The van der Waals surface area contributed by atoms with Crippen molar-refractivity contribution in [3.8, 4) is 5.75 Å². The van der Waals surface area contributed by atoms with E-state index in [1.54, 1.807) is 11.4 Å². The number of amides is 1. The van der Waals surface area contributed by atoms with Crippen molar-refractivity contribution >= 4 is 49.0 Å². The number of aromatic nitrogens is 2. The molecule has 0 saturated heterocycles. The van der Waals surface area contributed by atoms with E-state index in [9.17, 15) is 26.4 Å². The molecule has 0 aliphatic carbocycles. The third kappa shape index (κ3) is 4.58. The highest BCUT2D eigenvalue weighted by atomic mass is 32.2. The molecule has 1 N–H and O–H groups in total. The van der Waals surface area contributed by atoms with Gasteiger partial charge in [0.15, 0.2) is 11.7 Å². The van der Waals surface area contributed by atoms with Crippen molar-refractivity contribution in [3.63, 3.8) is 0 Å². The number of hydrogen-bond acceptors (Lipinski definition) is 7. The number of hydrogen-bond donors (Lipinski definition) is 1. The largest absolute Gasteiger partial charge is 0.483 e.